The SMILES string of the molecule is CC(C)C[C@H]1NC2(C(=O)NC(=O)NC2=O)[C@@H]2C(=O)N(c3ccc(Cl)cc3)C(=O)[C@H]21. The molecule has 0 bridgehead atoms. The van der Waals surface area contributed by atoms with E-state index in [-0.39, 0.29) is 5.92 Å². The Balaban J connectivity index is 1.82. The zero-order chi connectivity index (χ0) is 21.1. The molecular formula is C19H19ClN4O5. The summed E-state index contributed by atoms with van der Waals surface area (Å²) in [6.45, 7) is 3.87. The Labute approximate surface area is 171 Å². The highest BCUT2D eigenvalue weighted by Gasteiger charge is 2.72. The van der Waals surface area contributed by atoms with Crippen molar-refractivity contribution >= 4 is 46.9 Å². The van der Waals surface area contributed by atoms with Crippen LogP contribution < -0.4 is 20.9 Å². The number of amides is 6. The lowest BCUT2D eigenvalue weighted by Gasteiger charge is -2.34. The van der Waals surface area contributed by atoms with Gasteiger partial charge in [0, 0.05) is 11.1 Å². The standard InChI is InChI=1S/C19H19ClN4O5/c1-8(2)7-11-12-13(19(23-11)16(27)21-18(29)22-17(19)28)15(26)24(14(12)25)10-5-3-9(20)4-6-10/h3-6,8,11-13,23H,7H2,1-2H3,(H2,21,22,27,28,29)/t11-,12+,13+/m1/s1. The average molecular weight is 419 g/mol. The third-order valence-corrected chi connectivity index (χ3v) is 5.90. The summed E-state index contributed by atoms with van der Waals surface area (Å²) < 4.78 is 0. The van der Waals surface area contributed by atoms with Gasteiger partial charge in [0.1, 0.15) is 0 Å². The lowest BCUT2D eigenvalue weighted by atomic mass is 9.77. The van der Waals surface area contributed by atoms with Crippen LogP contribution in [-0.2, 0) is 19.2 Å². The molecule has 3 heterocycles. The van der Waals surface area contributed by atoms with Crippen molar-refractivity contribution in [2.24, 2.45) is 17.8 Å². The van der Waals surface area contributed by atoms with E-state index in [1.54, 1.807) is 12.1 Å². The number of rotatable bonds is 3. The Kier molecular flexibility index (Phi) is 4.47. The second kappa shape index (κ2) is 6.64. The lowest BCUT2D eigenvalue weighted by molar-refractivity contribution is -0.145. The molecule has 0 saturated carbocycles. The monoisotopic (exact) mass is 418 g/mol. The average Bonchev–Trinajstić information content (AvgIpc) is 3.09. The minimum atomic E-state index is -2.02. The number of hydrogen-bond donors (Lipinski definition) is 3. The fourth-order valence-corrected chi connectivity index (χ4v) is 4.66. The molecule has 4 rings (SSSR count). The van der Waals surface area contributed by atoms with Gasteiger partial charge < -0.3 is 0 Å². The van der Waals surface area contributed by atoms with Gasteiger partial charge in [-0.1, -0.05) is 25.4 Å². The smallest absolute Gasteiger partial charge is 0.291 e. The molecule has 3 N–H and O–H groups in total. The third kappa shape index (κ3) is 2.76. The van der Waals surface area contributed by atoms with Gasteiger partial charge in [-0.25, -0.2) is 9.69 Å². The molecule has 6 amide bonds. The molecule has 3 fully saturated rings. The summed E-state index contributed by atoms with van der Waals surface area (Å²) >= 11 is 5.90. The number of carbonyl (C=O) groups is 5. The largest absolute Gasteiger partial charge is 0.328 e. The first-order chi connectivity index (χ1) is 13.7. The van der Waals surface area contributed by atoms with Crippen LogP contribution in [0.4, 0.5) is 10.5 Å². The number of benzene rings is 1. The van der Waals surface area contributed by atoms with E-state index in [2.05, 4.69) is 16.0 Å². The van der Waals surface area contributed by atoms with Gasteiger partial charge in [-0.15, -0.1) is 0 Å². The highest BCUT2D eigenvalue weighted by molar-refractivity contribution is 6.32. The summed E-state index contributed by atoms with van der Waals surface area (Å²) in [5, 5.41) is 7.48. The van der Waals surface area contributed by atoms with Crippen molar-refractivity contribution in [1.29, 1.82) is 0 Å². The molecule has 0 aromatic heterocycles. The molecule has 3 aliphatic heterocycles. The third-order valence-electron chi connectivity index (χ3n) is 5.64. The van der Waals surface area contributed by atoms with Crippen molar-refractivity contribution in [1.82, 2.24) is 16.0 Å². The Morgan fingerprint density at radius 3 is 2.14 bits per heavy atom. The van der Waals surface area contributed by atoms with Gasteiger partial charge in [-0.2, -0.15) is 0 Å². The molecule has 152 valence electrons. The molecule has 3 atom stereocenters. The number of fused-ring (bicyclic) bond motifs is 2. The van der Waals surface area contributed by atoms with Gasteiger partial charge in [-0.05, 0) is 36.6 Å². The summed E-state index contributed by atoms with van der Waals surface area (Å²) in [6, 6.07) is 4.61. The zero-order valence-electron chi connectivity index (χ0n) is 15.7. The van der Waals surface area contributed by atoms with Crippen molar-refractivity contribution in [3.8, 4) is 0 Å². The first-order valence-electron chi connectivity index (χ1n) is 9.24. The fourth-order valence-electron chi connectivity index (χ4n) is 4.53. The molecule has 0 unspecified atom stereocenters. The number of nitrogens with zero attached hydrogens (tertiary/aromatic N) is 1. The van der Waals surface area contributed by atoms with E-state index >= 15 is 0 Å². The molecule has 0 aliphatic carbocycles. The van der Waals surface area contributed by atoms with E-state index in [0.717, 1.165) is 4.90 Å². The van der Waals surface area contributed by atoms with Crippen LogP contribution >= 0.6 is 11.6 Å². The van der Waals surface area contributed by atoms with Crippen molar-refractivity contribution in [3.63, 3.8) is 0 Å². The van der Waals surface area contributed by atoms with Crippen LogP contribution in [0.2, 0.25) is 5.02 Å². The Morgan fingerprint density at radius 1 is 1.00 bits per heavy atom. The summed E-state index contributed by atoms with van der Waals surface area (Å²) in [7, 11) is 0. The van der Waals surface area contributed by atoms with Gasteiger partial charge in [0.25, 0.3) is 11.8 Å². The number of urea groups is 1. The molecular weight excluding hydrogens is 400 g/mol. The molecule has 0 radical (unpaired) electrons. The van der Waals surface area contributed by atoms with Crippen LogP contribution in [0.1, 0.15) is 20.3 Å². The second-order valence-corrected chi connectivity index (χ2v) is 8.35. The van der Waals surface area contributed by atoms with Gasteiger partial charge in [0.2, 0.25) is 11.8 Å². The molecule has 29 heavy (non-hydrogen) atoms. The number of imide groups is 3. The van der Waals surface area contributed by atoms with Gasteiger partial charge in [0.05, 0.1) is 17.5 Å². The van der Waals surface area contributed by atoms with Crippen LogP contribution in [0.25, 0.3) is 0 Å². The van der Waals surface area contributed by atoms with Crippen LogP contribution in [0.15, 0.2) is 24.3 Å². The second-order valence-electron chi connectivity index (χ2n) is 7.92. The van der Waals surface area contributed by atoms with E-state index in [1.165, 1.54) is 12.1 Å². The topological polar surface area (TPSA) is 125 Å². The molecule has 1 spiro atoms. The van der Waals surface area contributed by atoms with Crippen LogP contribution in [0.3, 0.4) is 0 Å². The summed E-state index contributed by atoms with van der Waals surface area (Å²) in [6.07, 6.45) is 0.463. The highest BCUT2D eigenvalue weighted by atomic mass is 35.5. The van der Waals surface area contributed by atoms with E-state index in [9.17, 15) is 24.0 Å². The number of hydrogen-bond acceptors (Lipinski definition) is 6. The Morgan fingerprint density at radius 2 is 1.59 bits per heavy atom. The van der Waals surface area contributed by atoms with E-state index in [0.29, 0.717) is 17.1 Å². The predicted octanol–water partition coefficient (Wildman–Crippen LogP) is 0.568. The maximum atomic E-state index is 13.3. The Hall–Kier alpha value is -2.78. The summed E-state index contributed by atoms with van der Waals surface area (Å²) in [5.74, 6) is -5.05. The quantitative estimate of drug-likeness (QED) is 0.487. The van der Waals surface area contributed by atoms with Crippen molar-refractivity contribution in [2.45, 2.75) is 31.8 Å². The number of halogens is 1. The number of carbonyl (C=O) groups excluding carboxylic acids is 5. The maximum absolute atomic E-state index is 13.3. The van der Waals surface area contributed by atoms with Gasteiger partial charge in [0.15, 0.2) is 5.54 Å². The van der Waals surface area contributed by atoms with Gasteiger partial charge in [-0.3, -0.25) is 35.1 Å². The fraction of sp³-hybridized carbons (Fsp3) is 0.421. The van der Waals surface area contributed by atoms with Crippen LogP contribution in [-0.4, -0.2) is 41.2 Å². The van der Waals surface area contributed by atoms with Crippen molar-refractivity contribution in [3.05, 3.63) is 29.3 Å². The number of anilines is 1. The Bertz CT molecular complexity index is 924. The first-order valence-corrected chi connectivity index (χ1v) is 9.62. The van der Waals surface area contributed by atoms with Crippen molar-refractivity contribution < 1.29 is 24.0 Å². The maximum Gasteiger partial charge on any atom is 0.328 e. The van der Waals surface area contributed by atoms with Crippen LogP contribution in [0, 0.1) is 17.8 Å². The number of nitrogens with one attached hydrogen (secondary N) is 3. The van der Waals surface area contributed by atoms with E-state index in [4.69, 9.17) is 11.6 Å². The lowest BCUT2D eigenvalue weighted by Crippen LogP contribution is -2.74. The molecule has 1 aromatic carbocycles. The van der Waals surface area contributed by atoms with Crippen molar-refractivity contribution in [2.75, 3.05) is 4.90 Å². The zero-order valence-corrected chi connectivity index (χ0v) is 16.4. The molecule has 3 aliphatic rings. The normalized spacial score (nSPS) is 28.2. The minimum absolute atomic E-state index is 0.132. The first kappa shape index (κ1) is 19.5. The summed E-state index contributed by atoms with van der Waals surface area (Å²) in [4.78, 5) is 64.8. The molecule has 1 aromatic rings. The number of barbiturate groups is 1. The molecule has 9 nitrogen and oxygen atoms in total. The van der Waals surface area contributed by atoms with Gasteiger partial charge >= 0.3 is 6.03 Å². The van der Waals surface area contributed by atoms with Crippen LogP contribution in [0.5, 0.6) is 0 Å². The molecule has 10 heteroatoms. The highest BCUT2D eigenvalue weighted by Crippen LogP contribution is 2.46. The van der Waals surface area contributed by atoms with E-state index < -0.39 is 53.1 Å². The predicted molar refractivity (Wildman–Crippen MR) is 102 cm³/mol. The van der Waals surface area contributed by atoms with E-state index in [1.807, 2.05) is 13.8 Å². The minimum Gasteiger partial charge on any atom is -0.291 e. The molecule has 3 saturated heterocycles. The summed E-state index contributed by atoms with van der Waals surface area (Å²) in [5.41, 5.74) is -1.71.